The molecule has 0 saturated carbocycles. The second-order valence-electron chi connectivity index (χ2n) is 2.89. The predicted molar refractivity (Wildman–Crippen MR) is 61.2 cm³/mol. The van der Waals surface area contributed by atoms with Crippen molar-refractivity contribution in [1.82, 2.24) is 15.0 Å². The molecular weight excluding hydrogens is 232 g/mol. The van der Waals surface area contributed by atoms with Crippen molar-refractivity contribution < 1.29 is 0 Å². The Kier molecular flexibility index (Phi) is 3.13. The Hall–Kier alpha value is -1.20. The van der Waals surface area contributed by atoms with Crippen LogP contribution in [0.3, 0.4) is 0 Å². The first-order chi connectivity index (χ1) is 7.25. The summed E-state index contributed by atoms with van der Waals surface area (Å²) < 4.78 is 0. The molecule has 1 N–H and O–H groups in total. The molecule has 0 aliphatic heterocycles. The monoisotopic (exact) mass is 240 g/mol. The van der Waals surface area contributed by atoms with E-state index in [2.05, 4.69) is 20.3 Å². The van der Waals surface area contributed by atoms with Gasteiger partial charge in [0.25, 0.3) is 0 Å². The molecule has 2 aromatic rings. The molecule has 6 heteroatoms. The summed E-state index contributed by atoms with van der Waals surface area (Å²) in [6, 6.07) is 0. The Morgan fingerprint density at radius 1 is 1.33 bits per heavy atom. The number of hydrogen-bond donors (Lipinski definition) is 1. The van der Waals surface area contributed by atoms with Crippen molar-refractivity contribution in [2.24, 2.45) is 0 Å². The molecule has 2 rings (SSSR count). The zero-order valence-corrected chi connectivity index (χ0v) is 9.64. The topological polar surface area (TPSA) is 50.7 Å². The van der Waals surface area contributed by atoms with E-state index in [4.69, 9.17) is 11.6 Å². The van der Waals surface area contributed by atoms with E-state index in [9.17, 15) is 0 Å². The van der Waals surface area contributed by atoms with Crippen LogP contribution in [0.1, 0.15) is 9.88 Å². The van der Waals surface area contributed by atoms with Crippen LogP contribution in [-0.2, 0) is 6.54 Å². The Balaban J connectivity index is 2.02. The summed E-state index contributed by atoms with van der Waals surface area (Å²) in [6.45, 7) is 2.65. The molecule has 0 spiro atoms. The SMILES string of the molecule is Cc1ncc(CNc2nccnc2Cl)s1. The Labute approximate surface area is 96.4 Å². The molecule has 0 aromatic carbocycles. The molecule has 0 unspecified atom stereocenters. The maximum Gasteiger partial charge on any atom is 0.171 e. The fourth-order valence-electron chi connectivity index (χ4n) is 1.10. The fourth-order valence-corrected chi connectivity index (χ4v) is 2.00. The van der Waals surface area contributed by atoms with E-state index in [1.165, 1.54) is 0 Å². The molecule has 0 radical (unpaired) electrons. The maximum absolute atomic E-state index is 5.85. The third-order valence-corrected chi connectivity index (χ3v) is 2.94. The molecule has 0 atom stereocenters. The summed E-state index contributed by atoms with van der Waals surface area (Å²) >= 11 is 7.50. The van der Waals surface area contributed by atoms with Gasteiger partial charge < -0.3 is 5.32 Å². The van der Waals surface area contributed by atoms with E-state index in [1.54, 1.807) is 23.7 Å². The second kappa shape index (κ2) is 4.55. The van der Waals surface area contributed by atoms with Crippen LogP contribution in [0.5, 0.6) is 0 Å². The van der Waals surface area contributed by atoms with Crippen LogP contribution in [-0.4, -0.2) is 15.0 Å². The van der Waals surface area contributed by atoms with Gasteiger partial charge in [-0.15, -0.1) is 11.3 Å². The number of hydrogen-bond acceptors (Lipinski definition) is 5. The van der Waals surface area contributed by atoms with E-state index in [0.717, 1.165) is 9.88 Å². The van der Waals surface area contributed by atoms with Crippen molar-refractivity contribution >= 4 is 28.8 Å². The highest BCUT2D eigenvalue weighted by molar-refractivity contribution is 7.11. The van der Waals surface area contributed by atoms with Gasteiger partial charge >= 0.3 is 0 Å². The first-order valence-electron chi connectivity index (χ1n) is 4.37. The summed E-state index contributed by atoms with van der Waals surface area (Å²) in [4.78, 5) is 13.3. The number of aromatic nitrogens is 3. The summed E-state index contributed by atoms with van der Waals surface area (Å²) in [7, 11) is 0. The quantitative estimate of drug-likeness (QED) is 0.896. The van der Waals surface area contributed by atoms with Crippen LogP contribution in [0.15, 0.2) is 18.6 Å². The van der Waals surface area contributed by atoms with Gasteiger partial charge in [-0.1, -0.05) is 11.6 Å². The summed E-state index contributed by atoms with van der Waals surface area (Å²) in [5.41, 5.74) is 0. The van der Waals surface area contributed by atoms with Crippen molar-refractivity contribution in [1.29, 1.82) is 0 Å². The molecule has 4 nitrogen and oxygen atoms in total. The highest BCUT2D eigenvalue weighted by Crippen LogP contribution is 2.17. The molecule has 78 valence electrons. The molecular formula is C9H9ClN4S. The van der Waals surface area contributed by atoms with E-state index in [-0.39, 0.29) is 0 Å². The summed E-state index contributed by atoms with van der Waals surface area (Å²) in [5, 5.41) is 4.55. The Morgan fingerprint density at radius 3 is 2.80 bits per heavy atom. The van der Waals surface area contributed by atoms with Gasteiger partial charge in [-0.25, -0.2) is 15.0 Å². The second-order valence-corrected chi connectivity index (χ2v) is 4.57. The normalized spacial score (nSPS) is 10.3. The third kappa shape index (κ3) is 2.64. The molecule has 15 heavy (non-hydrogen) atoms. The largest absolute Gasteiger partial charge is 0.363 e. The lowest BCUT2D eigenvalue weighted by atomic mass is 10.5. The molecule has 0 saturated heterocycles. The van der Waals surface area contributed by atoms with Gasteiger partial charge in [-0.3, -0.25) is 0 Å². The van der Waals surface area contributed by atoms with Crippen LogP contribution < -0.4 is 5.32 Å². The maximum atomic E-state index is 5.85. The average Bonchev–Trinajstić information content (AvgIpc) is 2.63. The molecule has 2 heterocycles. The summed E-state index contributed by atoms with van der Waals surface area (Å²) in [5.74, 6) is 0.602. The van der Waals surface area contributed by atoms with Crippen LogP contribution in [0.2, 0.25) is 5.15 Å². The lowest BCUT2D eigenvalue weighted by Crippen LogP contribution is -2.00. The first-order valence-corrected chi connectivity index (χ1v) is 5.57. The van der Waals surface area contributed by atoms with Crippen LogP contribution in [0.4, 0.5) is 5.82 Å². The fraction of sp³-hybridized carbons (Fsp3) is 0.222. The van der Waals surface area contributed by atoms with E-state index in [1.807, 2.05) is 13.1 Å². The standard InChI is InChI=1S/C9H9ClN4S/c1-6-13-4-7(15-6)5-14-9-8(10)11-2-3-12-9/h2-4H,5H2,1H3,(H,12,14). The van der Waals surface area contributed by atoms with Gasteiger partial charge in [0, 0.05) is 23.5 Å². The Morgan fingerprint density at radius 2 is 2.13 bits per heavy atom. The van der Waals surface area contributed by atoms with Crippen molar-refractivity contribution in [3.05, 3.63) is 33.6 Å². The van der Waals surface area contributed by atoms with E-state index in [0.29, 0.717) is 17.5 Å². The minimum absolute atomic E-state index is 0.388. The predicted octanol–water partition coefficient (Wildman–Crippen LogP) is 2.51. The molecule has 0 aliphatic carbocycles. The zero-order chi connectivity index (χ0) is 10.7. The third-order valence-electron chi connectivity index (χ3n) is 1.75. The molecule has 0 fully saturated rings. The highest BCUT2D eigenvalue weighted by Gasteiger charge is 2.02. The van der Waals surface area contributed by atoms with Gasteiger partial charge in [0.2, 0.25) is 0 Å². The van der Waals surface area contributed by atoms with Gasteiger partial charge in [0.1, 0.15) is 0 Å². The highest BCUT2D eigenvalue weighted by atomic mass is 35.5. The molecule has 2 aromatic heterocycles. The van der Waals surface area contributed by atoms with E-state index < -0.39 is 0 Å². The van der Waals surface area contributed by atoms with Crippen molar-refractivity contribution in [3.63, 3.8) is 0 Å². The van der Waals surface area contributed by atoms with Gasteiger partial charge in [-0.05, 0) is 6.92 Å². The minimum atomic E-state index is 0.388. The van der Waals surface area contributed by atoms with Crippen molar-refractivity contribution in [2.75, 3.05) is 5.32 Å². The smallest absolute Gasteiger partial charge is 0.171 e. The summed E-state index contributed by atoms with van der Waals surface area (Å²) in [6.07, 6.45) is 5.01. The van der Waals surface area contributed by atoms with Gasteiger partial charge in [-0.2, -0.15) is 0 Å². The molecule has 0 bridgehead atoms. The van der Waals surface area contributed by atoms with Crippen molar-refractivity contribution in [3.8, 4) is 0 Å². The lowest BCUT2D eigenvalue weighted by molar-refractivity contribution is 1.10. The number of rotatable bonds is 3. The number of thiazole rings is 1. The van der Waals surface area contributed by atoms with Crippen molar-refractivity contribution in [2.45, 2.75) is 13.5 Å². The van der Waals surface area contributed by atoms with Crippen LogP contribution >= 0.6 is 22.9 Å². The Bertz CT molecular complexity index is 457. The number of nitrogens with zero attached hydrogens (tertiary/aromatic N) is 3. The lowest BCUT2D eigenvalue weighted by Gasteiger charge is -2.03. The van der Waals surface area contributed by atoms with Crippen LogP contribution in [0.25, 0.3) is 0 Å². The van der Waals surface area contributed by atoms with Gasteiger partial charge in [0.15, 0.2) is 11.0 Å². The first kappa shape index (κ1) is 10.3. The molecule has 0 amide bonds. The van der Waals surface area contributed by atoms with Gasteiger partial charge in [0.05, 0.1) is 11.6 Å². The average molecular weight is 241 g/mol. The molecule has 0 aliphatic rings. The number of anilines is 1. The number of halogens is 1. The number of aryl methyl sites for hydroxylation is 1. The minimum Gasteiger partial charge on any atom is -0.363 e. The number of nitrogens with one attached hydrogen (secondary N) is 1. The van der Waals surface area contributed by atoms with Crippen LogP contribution in [0, 0.1) is 6.92 Å². The zero-order valence-electron chi connectivity index (χ0n) is 8.07. The van der Waals surface area contributed by atoms with E-state index >= 15 is 0 Å².